The number of anilines is 2. The van der Waals surface area contributed by atoms with Gasteiger partial charge in [0.25, 0.3) is 0 Å². The maximum atomic E-state index is 12.3. The lowest BCUT2D eigenvalue weighted by molar-refractivity contribution is -0.117. The molecule has 22 heteroatoms. The molecule has 2 N–H and O–H groups in total. The number of benzene rings is 8. The number of rotatable bonds is 22. The van der Waals surface area contributed by atoms with Crippen molar-refractivity contribution in [1.29, 1.82) is 0 Å². The van der Waals surface area contributed by atoms with Crippen molar-refractivity contribution in [3.63, 3.8) is 0 Å². The Morgan fingerprint density at radius 3 is 0.913 bits per heavy atom. The van der Waals surface area contributed by atoms with Gasteiger partial charge < -0.3 is 75.8 Å². The van der Waals surface area contributed by atoms with Gasteiger partial charge in [-0.1, -0.05) is 82.9 Å². The topological polar surface area (TPSA) is 240 Å². The summed E-state index contributed by atoms with van der Waals surface area (Å²) in [7, 11) is 18.2. The van der Waals surface area contributed by atoms with Crippen LogP contribution in [0.1, 0.15) is 33.4 Å². The van der Waals surface area contributed by atoms with E-state index < -0.39 is 18.3 Å². The van der Waals surface area contributed by atoms with Gasteiger partial charge >= 0.3 is 18.3 Å². The van der Waals surface area contributed by atoms with E-state index in [1.807, 2.05) is 100 Å². The van der Waals surface area contributed by atoms with Gasteiger partial charge in [0.2, 0.25) is 23.0 Å². The molecular formula is C70H78N2O20. The summed E-state index contributed by atoms with van der Waals surface area (Å²) in [6.45, 7) is 7.90. The van der Waals surface area contributed by atoms with E-state index in [0.29, 0.717) is 105 Å². The van der Waals surface area contributed by atoms with E-state index >= 15 is 0 Å². The van der Waals surface area contributed by atoms with Gasteiger partial charge in [0.05, 0.1) is 91.0 Å². The van der Waals surface area contributed by atoms with E-state index in [4.69, 9.17) is 75.8 Å². The molecule has 0 saturated heterocycles. The van der Waals surface area contributed by atoms with Crippen molar-refractivity contribution in [2.45, 2.75) is 40.5 Å². The van der Waals surface area contributed by atoms with Crippen LogP contribution in [0.3, 0.4) is 0 Å². The van der Waals surface area contributed by atoms with Gasteiger partial charge in [0, 0.05) is 54.9 Å². The minimum absolute atomic E-state index is 0.142. The molecule has 0 heterocycles. The second-order valence-corrected chi connectivity index (χ2v) is 19.5. The quantitative estimate of drug-likeness (QED) is 0.0473. The molecule has 0 radical (unpaired) electrons. The lowest BCUT2D eigenvalue weighted by Crippen LogP contribution is -2.16. The molecule has 488 valence electrons. The summed E-state index contributed by atoms with van der Waals surface area (Å²) in [5.74, 6) is 6.90. The second kappa shape index (κ2) is 36.4. The largest absolute Gasteiger partial charge is 0.519 e. The number of Topliss-reactive ketones (excluding diaryl/α,β-unsaturated/α-hetero) is 1. The van der Waals surface area contributed by atoms with Gasteiger partial charge in [-0.2, -0.15) is 0 Å². The molecule has 92 heavy (non-hydrogen) atoms. The van der Waals surface area contributed by atoms with Crippen molar-refractivity contribution in [2.24, 2.45) is 0 Å². The molecule has 2 amide bonds. The Bertz CT molecular complexity index is 3100. The Morgan fingerprint density at radius 2 is 0.554 bits per heavy atom. The van der Waals surface area contributed by atoms with Crippen molar-refractivity contribution >= 4 is 35.5 Å². The highest BCUT2D eigenvalue weighted by Crippen LogP contribution is 2.43. The molecule has 0 saturated carbocycles. The molecule has 8 aromatic carbocycles. The number of ether oxygens (including phenoxy) is 16. The smallest absolute Gasteiger partial charge is 0.493 e. The molecule has 0 bridgehead atoms. The van der Waals surface area contributed by atoms with Gasteiger partial charge in [0.1, 0.15) is 28.8 Å². The number of aryl methyl sites for hydroxylation is 4. The number of methoxy groups -OCH3 is 12. The SMILES string of the molecule is COc1cc(CC(=O)Cc2ccc(C)cc2)cc(OC)c1OC.COc1cc(NC(=O)Oc2ccc(C)cc2)cc(OC)c1OC.COc1cc(OC(=O)Nc2ccc(C)cc2)cc(OC)c1OC.COc1cc(OC(=O)Oc2ccc(C)cc2)cc(OC)c1OC. The van der Waals surface area contributed by atoms with Crippen LogP contribution in [-0.4, -0.2) is 109 Å². The first-order chi connectivity index (χ1) is 44.3. The Morgan fingerprint density at radius 1 is 0.283 bits per heavy atom. The van der Waals surface area contributed by atoms with Crippen LogP contribution in [-0.2, 0) is 17.6 Å². The molecule has 0 aliphatic heterocycles. The monoisotopic (exact) mass is 1270 g/mol. The summed E-state index contributed by atoms with van der Waals surface area (Å²) < 4.78 is 83.6. The molecule has 0 aliphatic carbocycles. The van der Waals surface area contributed by atoms with Gasteiger partial charge in [-0.15, -0.1) is 0 Å². The number of amides is 2. The van der Waals surface area contributed by atoms with Crippen LogP contribution in [0.2, 0.25) is 0 Å². The average Bonchev–Trinajstić information content (AvgIpc) is 1.05. The number of nitrogens with one attached hydrogen (secondary N) is 2. The van der Waals surface area contributed by atoms with Crippen LogP contribution in [0.15, 0.2) is 146 Å². The lowest BCUT2D eigenvalue weighted by Gasteiger charge is -2.14. The van der Waals surface area contributed by atoms with E-state index in [2.05, 4.69) is 10.6 Å². The predicted molar refractivity (Wildman–Crippen MR) is 347 cm³/mol. The fourth-order valence-corrected chi connectivity index (χ4v) is 8.41. The van der Waals surface area contributed by atoms with E-state index in [9.17, 15) is 19.2 Å². The first kappa shape index (κ1) is 71.6. The molecule has 0 aliphatic rings. The van der Waals surface area contributed by atoms with Crippen molar-refractivity contribution in [2.75, 3.05) is 96.0 Å². The van der Waals surface area contributed by atoms with E-state index in [-0.39, 0.29) is 17.3 Å². The highest BCUT2D eigenvalue weighted by molar-refractivity contribution is 5.88. The maximum absolute atomic E-state index is 12.3. The molecule has 0 aromatic heterocycles. The van der Waals surface area contributed by atoms with Crippen molar-refractivity contribution < 1.29 is 95.0 Å². The number of hydrogen-bond donors (Lipinski definition) is 2. The van der Waals surface area contributed by atoms with Crippen LogP contribution in [0, 0.1) is 27.7 Å². The summed E-state index contributed by atoms with van der Waals surface area (Å²) in [6, 6.07) is 42.6. The van der Waals surface area contributed by atoms with Crippen molar-refractivity contribution in [3.05, 3.63) is 179 Å². The van der Waals surface area contributed by atoms with Crippen LogP contribution in [0.25, 0.3) is 0 Å². The summed E-state index contributed by atoms with van der Waals surface area (Å²) in [6.07, 6.45) is -1.34. The first-order valence-corrected chi connectivity index (χ1v) is 28.1. The zero-order chi connectivity index (χ0) is 67.3. The molecule has 22 nitrogen and oxygen atoms in total. The first-order valence-electron chi connectivity index (χ1n) is 28.1. The zero-order valence-electron chi connectivity index (χ0n) is 54.4. The predicted octanol–water partition coefficient (Wildman–Crippen LogP) is 14.2. The van der Waals surface area contributed by atoms with Crippen molar-refractivity contribution in [3.8, 4) is 92.0 Å². The van der Waals surface area contributed by atoms with Crippen molar-refractivity contribution in [1.82, 2.24) is 0 Å². The van der Waals surface area contributed by atoms with Crippen LogP contribution in [0.5, 0.6) is 92.0 Å². The highest BCUT2D eigenvalue weighted by Gasteiger charge is 2.20. The minimum Gasteiger partial charge on any atom is -0.493 e. The Kier molecular flexibility index (Phi) is 28.3. The minimum atomic E-state index is -0.858. The average molecular weight is 1270 g/mol. The molecule has 0 unspecified atom stereocenters. The standard InChI is InChI=1S/C19H22O4.2C17H19NO5.C17H18O6/c1-13-5-7-14(8-6-13)9-16(20)10-15-11-17(21-2)19(23-4)18(12-15)22-3;1-11-5-7-13(8-6-11)23-17(19)18-12-9-14(20-2)16(22-4)15(10-12)21-3;1-11-5-7-12(8-6-11)18-17(19)23-13-9-14(20-2)16(22-4)15(10-13)21-3;1-11-5-7-12(8-6-11)22-17(18)23-13-9-14(19-2)16(21-4)15(10-13)20-3/h5-8,11-12H,9-10H2,1-4H3;2*5-10H,1-4H3,(H,18,19);5-10H,1-4H3. The maximum Gasteiger partial charge on any atom is 0.519 e. The van der Waals surface area contributed by atoms with Crippen LogP contribution >= 0.6 is 0 Å². The van der Waals surface area contributed by atoms with Gasteiger partial charge in [-0.25, -0.2) is 14.4 Å². The summed E-state index contributed by atoms with van der Waals surface area (Å²) in [5, 5.41) is 5.28. The number of ketones is 1. The molecule has 0 fully saturated rings. The van der Waals surface area contributed by atoms with Crippen LogP contribution in [0.4, 0.5) is 25.8 Å². The number of hydrogen-bond acceptors (Lipinski definition) is 20. The second-order valence-electron chi connectivity index (χ2n) is 19.5. The Labute approximate surface area is 535 Å². The third kappa shape index (κ3) is 21.6. The zero-order valence-corrected chi connectivity index (χ0v) is 54.4. The lowest BCUT2D eigenvalue weighted by atomic mass is 10.0. The van der Waals surface area contributed by atoms with Gasteiger partial charge in [-0.3, -0.25) is 15.4 Å². The van der Waals surface area contributed by atoms with Gasteiger partial charge in [0.15, 0.2) is 46.0 Å². The molecule has 8 aromatic rings. The molecule has 0 spiro atoms. The third-order valence-corrected chi connectivity index (χ3v) is 13.0. The Hall–Kier alpha value is -11.2. The normalized spacial score (nSPS) is 10.0. The number of carbonyl (C=O) groups is 4. The summed E-state index contributed by atoms with van der Waals surface area (Å²) >= 11 is 0. The molecular weight excluding hydrogens is 1190 g/mol. The third-order valence-electron chi connectivity index (χ3n) is 13.0. The highest BCUT2D eigenvalue weighted by atomic mass is 16.7. The molecule has 0 atom stereocenters. The summed E-state index contributed by atoms with van der Waals surface area (Å²) in [4.78, 5) is 48.1. The molecule has 8 rings (SSSR count). The van der Waals surface area contributed by atoms with Crippen LogP contribution < -0.4 is 86.4 Å². The Balaban J connectivity index is 0.000000223. The fraction of sp³-hybridized carbons (Fsp3) is 0.257. The van der Waals surface area contributed by atoms with E-state index in [1.165, 1.54) is 81.7 Å². The number of carbonyl (C=O) groups excluding carboxylic acids is 4. The van der Waals surface area contributed by atoms with Gasteiger partial charge in [-0.05, 0) is 87.4 Å². The fourth-order valence-electron chi connectivity index (χ4n) is 8.41. The summed E-state index contributed by atoms with van der Waals surface area (Å²) in [5.41, 5.74) is 7.42. The van der Waals surface area contributed by atoms with E-state index in [1.54, 1.807) is 82.0 Å². The van der Waals surface area contributed by atoms with E-state index in [0.717, 1.165) is 27.8 Å².